The number of H-pyrrole nitrogens is 1. The summed E-state index contributed by atoms with van der Waals surface area (Å²) in [5, 5.41) is 0. The molecule has 2 fully saturated rings. The van der Waals surface area contributed by atoms with Crippen molar-refractivity contribution >= 4 is 16.9 Å². The topological polar surface area (TPSA) is 84.1 Å². The lowest BCUT2D eigenvalue weighted by Gasteiger charge is -2.39. The Labute approximate surface area is 159 Å². The van der Waals surface area contributed by atoms with Crippen molar-refractivity contribution in [1.29, 1.82) is 0 Å². The van der Waals surface area contributed by atoms with Crippen molar-refractivity contribution in [3.63, 3.8) is 0 Å². The first-order valence-electron chi connectivity index (χ1n) is 10.3. The summed E-state index contributed by atoms with van der Waals surface area (Å²) >= 11 is 0. The smallest absolute Gasteiger partial charge is 0.326 e. The number of aromatic amines is 1. The molecule has 2 aromatic rings. The highest BCUT2D eigenvalue weighted by atomic mass is 16.2. The second kappa shape index (κ2) is 7.50. The molecule has 27 heavy (non-hydrogen) atoms. The van der Waals surface area contributed by atoms with Crippen LogP contribution < -0.4 is 11.4 Å². The van der Waals surface area contributed by atoms with Crippen molar-refractivity contribution in [2.45, 2.75) is 57.4 Å². The van der Waals surface area contributed by atoms with Gasteiger partial charge in [-0.15, -0.1) is 0 Å². The molecule has 2 heterocycles. The highest BCUT2D eigenvalue weighted by Gasteiger charge is 2.35. The summed E-state index contributed by atoms with van der Waals surface area (Å²) < 4.78 is 1.87. The van der Waals surface area contributed by atoms with Crippen LogP contribution in [0.3, 0.4) is 0 Å². The zero-order chi connectivity index (χ0) is 18.9. The number of benzene rings is 1. The predicted molar refractivity (Wildman–Crippen MR) is 107 cm³/mol. The maximum absolute atomic E-state index is 12.9. The van der Waals surface area contributed by atoms with E-state index in [0.29, 0.717) is 13.0 Å². The fourth-order valence-electron chi connectivity index (χ4n) is 5.00. The highest BCUT2D eigenvalue weighted by Crippen LogP contribution is 2.39. The van der Waals surface area contributed by atoms with E-state index >= 15 is 0 Å². The zero-order valence-corrected chi connectivity index (χ0v) is 16.0. The molecule has 0 radical (unpaired) electrons. The minimum Gasteiger partial charge on any atom is -0.343 e. The molecule has 1 saturated heterocycles. The molecule has 0 spiro atoms. The number of carbonyl (C=O) groups is 1. The van der Waals surface area contributed by atoms with E-state index < -0.39 is 0 Å². The Morgan fingerprint density at radius 3 is 2.56 bits per heavy atom. The molecule has 1 aliphatic carbocycles. The summed E-state index contributed by atoms with van der Waals surface area (Å²) in [6, 6.07) is 7.96. The second-order valence-electron chi connectivity index (χ2n) is 8.37. The van der Waals surface area contributed by atoms with Crippen molar-refractivity contribution in [1.82, 2.24) is 14.5 Å². The van der Waals surface area contributed by atoms with Crippen molar-refractivity contribution in [2.75, 3.05) is 19.6 Å². The van der Waals surface area contributed by atoms with Crippen LogP contribution in [0.1, 0.15) is 57.4 Å². The lowest BCUT2D eigenvalue weighted by atomic mass is 9.71. The number of carbonyl (C=O) groups excluding carboxylic acids is 1. The number of nitrogens with zero attached hydrogens (tertiary/aromatic N) is 2. The quantitative estimate of drug-likeness (QED) is 0.868. The number of nitrogens with one attached hydrogen (secondary N) is 1. The normalized spacial score (nSPS) is 20.9. The molecule has 1 aromatic carbocycles. The molecule has 6 nitrogen and oxygen atoms in total. The van der Waals surface area contributed by atoms with Crippen LogP contribution in [0.25, 0.3) is 11.0 Å². The average molecular weight is 370 g/mol. The maximum Gasteiger partial charge on any atom is 0.326 e. The number of fused-ring (bicyclic) bond motifs is 1. The molecule has 2 aliphatic rings. The molecule has 1 saturated carbocycles. The SMILES string of the molecule is NCC1(CC(=O)N2CCC(n3c(=O)[nH]c4ccccc43)CC2)CCCCC1. The number of hydrogen-bond donors (Lipinski definition) is 2. The summed E-state index contributed by atoms with van der Waals surface area (Å²) in [6.45, 7) is 2.05. The molecular weight excluding hydrogens is 340 g/mol. The van der Waals surface area contributed by atoms with Gasteiger partial charge in [-0.3, -0.25) is 9.36 Å². The second-order valence-corrected chi connectivity index (χ2v) is 8.37. The minimum atomic E-state index is -0.0507. The van der Waals surface area contributed by atoms with Crippen LogP contribution in [0.5, 0.6) is 0 Å². The first-order valence-corrected chi connectivity index (χ1v) is 10.3. The number of aromatic nitrogens is 2. The molecule has 6 heteroatoms. The van der Waals surface area contributed by atoms with Crippen LogP contribution in [0, 0.1) is 5.41 Å². The van der Waals surface area contributed by atoms with Gasteiger partial charge < -0.3 is 15.6 Å². The Hall–Kier alpha value is -2.08. The molecule has 4 rings (SSSR count). The summed E-state index contributed by atoms with van der Waals surface area (Å²) in [6.07, 6.45) is 8.03. The molecule has 0 unspecified atom stereocenters. The van der Waals surface area contributed by atoms with Crippen LogP contribution in [0.2, 0.25) is 0 Å². The first kappa shape index (κ1) is 18.3. The largest absolute Gasteiger partial charge is 0.343 e. The monoisotopic (exact) mass is 370 g/mol. The summed E-state index contributed by atoms with van der Waals surface area (Å²) in [5.41, 5.74) is 7.86. The fraction of sp³-hybridized carbons (Fsp3) is 0.619. The van der Waals surface area contributed by atoms with Gasteiger partial charge in [0.1, 0.15) is 0 Å². The van der Waals surface area contributed by atoms with Crippen molar-refractivity contribution < 1.29 is 4.79 Å². The number of imidazole rings is 1. The van der Waals surface area contributed by atoms with Gasteiger partial charge in [0.15, 0.2) is 0 Å². The highest BCUT2D eigenvalue weighted by molar-refractivity contribution is 5.77. The molecule has 0 atom stereocenters. The van der Waals surface area contributed by atoms with Gasteiger partial charge in [-0.25, -0.2) is 4.79 Å². The first-order chi connectivity index (χ1) is 13.1. The summed E-state index contributed by atoms with van der Waals surface area (Å²) in [7, 11) is 0. The molecular formula is C21H30N4O2. The van der Waals surface area contributed by atoms with Gasteiger partial charge >= 0.3 is 5.69 Å². The van der Waals surface area contributed by atoms with E-state index in [9.17, 15) is 9.59 Å². The van der Waals surface area contributed by atoms with Crippen LogP contribution in [-0.2, 0) is 4.79 Å². The molecule has 1 amide bonds. The summed E-state index contributed by atoms with van der Waals surface area (Å²) in [4.78, 5) is 30.2. The number of para-hydroxylation sites is 2. The molecule has 1 aliphatic heterocycles. The van der Waals surface area contributed by atoms with E-state index in [4.69, 9.17) is 5.73 Å². The number of hydrogen-bond acceptors (Lipinski definition) is 3. The van der Waals surface area contributed by atoms with E-state index in [0.717, 1.165) is 49.8 Å². The Balaban J connectivity index is 1.42. The standard InChI is InChI=1S/C21H30N4O2/c22-15-21(10-4-1-5-11-21)14-19(26)24-12-8-16(9-13-24)25-18-7-3-2-6-17(18)23-20(25)27/h2-3,6-7,16H,1,4-5,8-15,22H2,(H,23,27). The van der Waals surface area contributed by atoms with Gasteiger partial charge in [-0.1, -0.05) is 31.4 Å². The predicted octanol–water partition coefficient (Wildman–Crippen LogP) is 2.79. The number of nitrogens with two attached hydrogens (primary N) is 1. The lowest BCUT2D eigenvalue weighted by Crippen LogP contribution is -2.44. The number of amides is 1. The van der Waals surface area contributed by atoms with Gasteiger partial charge in [-0.05, 0) is 49.8 Å². The van der Waals surface area contributed by atoms with Crippen molar-refractivity contribution in [3.05, 3.63) is 34.7 Å². The Morgan fingerprint density at radius 1 is 1.15 bits per heavy atom. The van der Waals surface area contributed by atoms with E-state index in [1.165, 1.54) is 19.3 Å². The van der Waals surface area contributed by atoms with E-state index in [1.54, 1.807) is 0 Å². The summed E-state index contributed by atoms with van der Waals surface area (Å²) in [5.74, 6) is 0.243. The van der Waals surface area contributed by atoms with Gasteiger partial charge in [0.05, 0.1) is 11.0 Å². The third-order valence-corrected chi connectivity index (χ3v) is 6.68. The van der Waals surface area contributed by atoms with Crippen molar-refractivity contribution in [2.24, 2.45) is 11.1 Å². The number of rotatable bonds is 4. The van der Waals surface area contributed by atoms with Gasteiger partial charge in [0, 0.05) is 25.6 Å². The van der Waals surface area contributed by atoms with Crippen LogP contribution in [0.15, 0.2) is 29.1 Å². The zero-order valence-electron chi connectivity index (χ0n) is 16.0. The lowest BCUT2D eigenvalue weighted by molar-refractivity contribution is -0.135. The van der Waals surface area contributed by atoms with E-state index in [1.807, 2.05) is 33.7 Å². The van der Waals surface area contributed by atoms with Crippen LogP contribution in [0.4, 0.5) is 0 Å². The van der Waals surface area contributed by atoms with E-state index in [-0.39, 0.29) is 23.1 Å². The third-order valence-electron chi connectivity index (χ3n) is 6.68. The van der Waals surface area contributed by atoms with Gasteiger partial charge in [0.25, 0.3) is 0 Å². The Kier molecular flexibility index (Phi) is 5.08. The fourth-order valence-corrected chi connectivity index (χ4v) is 5.00. The maximum atomic E-state index is 12.9. The van der Waals surface area contributed by atoms with Crippen LogP contribution >= 0.6 is 0 Å². The third kappa shape index (κ3) is 3.55. The number of piperidine rings is 1. The minimum absolute atomic E-state index is 0.0138. The van der Waals surface area contributed by atoms with E-state index in [2.05, 4.69) is 4.98 Å². The molecule has 146 valence electrons. The Bertz CT molecular complexity index is 854. The van der Waals surface area contributed by atoms with Crippen LogP contribution in [-0.4, -0.2) is 40.0 Å². The van der Waals surface area contributed by atoms with Gasteiger partial charge in [0.2, 0.25) is 5.91 Å². The average Bonchev–Trinajstić information content (AvgIpc) is 3.04. The molecule has 0 bridgehead atoms. The molecule has 3 N–H and O–H groups in total. The van der Waals surface area contributed by atoms with Gasteiger partial charge in [-0.2, -0.15) is 0 Å². The molecule has 1 aromatic heterocycles. The number of likely N-dealkylation sites (tertiary alicyclic amines) is 1. The Morgan fingerprint density at radius 2 is 1.85 bits per heavy atom. The van der Waals surface area contributed by atoms with Crippen molar-refractivity contribution in [3.8, 4) is 0 Å².